The fraction of sp³-hybridized carbons (Fsp3) is 0.188. The largest absolute Gasteiger partial charge is 0.378 e. The second-order valence-corrected chi connectivity index (χ2v) is 5.18. The van der Waals surface area contributed by atoms with Gasteiger partial charge < -0.3 is 15.3 Å². The number of aliphatic hydroxyl groups is 1. The summed E-state index contributed by atoms with van der Waals surface area (Å²) < 4.78 is 14.3. The lowest BCUT2D eigenvalue weighted by Gasteiger charge is -2.21. The van der Waals surface area contributed by atoms with Crippen molar-refractivity contribution in [2.24, 2.45) is 0 Å². The molecule has 4 nitrogen and oxygen atoms in total. The van der Waals surface area contributed by atoms with E-state index in [4.69, 9.17) is 0 Å². The van der Waals surface area contributed by atoms with Crippen LogP contribution >= 0.6 is 0 Å². The highest BCUT2D eigenvalue weighted by Gasteiger charge is 2.30. The predicted octanol–water partition coefficient (Wildman–Crippen LogP) is 2.89. The number of carbonyl (C=O) groups excluding carboxylic acids is 1. The van der Waals surface area contributed by atoms with Gasteiger partial charge in [0.05, 0.1) is 5.69 Å². The summed E-state index contributed by atoms with van der Waals surface area (Å²) in [5, 5.41) is 12.2. The Morgan fingerprint density at radius 2 is 1.90 bits per heavy atom. The Labute approximate surface area is 121 Å². The lowest BCUT2D eigenvalue weighted by molar-refractivity contribution is -0.123. The molecule has 3 rings (SSSR count). The van der Waals surface area contributed by atoms with E-state index < -0.39 is 17.8 Å². The molecule has 1 amide bonds. The van der Waals surface area contributed by atoms with Gasteiger partial charge in [-0.1, -0.05) is 17.7 Å². The molecule has 0 radical (unpaired) electrons. The lowest BCUT2D eigenvalue weighted by Crippen LogP contribution is -2.11. The van der Waals surface area contributed by atoms with Crippen LogP contribution in [0.2, 0.25) is 0 Å². The first-order chi connectivity index (χ1) is 9.97. The van der Waals surface area contributed by atoms with Crippen LogP contribution in [0.25, 0.3) is 0 Å². The van der Waals surface area contributed by atoms with Gasteiger partial charge in [-0.05, 0) is 31.2 Å². The molecule has 1 unspecified atom stereocenters. The van der Waals surface area contributed by atoms with Crippen LogP contribution in [0.4, 0.5) is 21.5 Å². The Kier molecular flexibility index (Phi) is 3.14. The van der Waals surface area contributed by atoms with Crippen molar-refractivity contribution in [3.63, 3.8) is 0 Å². The van der Waals surface area contributed by atoms with Crippen LogP contribution in [0, 0.1) is 12.7 Å². The summed E-state index contributed by atoms with van der Waals surface area (Å²) in [5.74, 6) is -1.01. The Morgan fingerprint density at radius 3 is 2.57 bits per heavy atom. The summed E-state index contributed by atoms with van der Waals surface area (Å²) in [7, 11) is 1.75. The Morgan fingerprint density at radius 1 is 1.24 bits per heavy atom. The number of fused-ring (bicyclic) bond motifs is 1. The number of hydrogen-bond donors (Lipinski definition) is 2. The zero-order valence-corrected chi connectivity index (χ0v) is 11.7. The number of nitrogens with one attached hydrogen (secondary N) is 1. The van der Waals surface area contributed by atoms with E-state index in [9.17, 15) is 14.3 Å². The number of rotatable bonds is 2. The standard InChI is InChI=1S/C16H15FN2O2/c1-9-3-5-10(6-4-9)19(2)14-8-13-11(7-12(14)17)15(20)16(21)18-13/h3-8,15,20H,1-2H3,(H,18,21). The first kappa shape index (κ1) is 13.6. The summed E-state index contributed by atoms with van der Waals surface area (Å²) in [6, 6.07) is 10.4. The van der Waals surface area contributed by atoms with Crippen molar-refractivity contribution in [1.29, 1.82) is 0 Å². The highest BCUT2D eigenvalue weighted by molar-refractivity contribution is 6.02. The summed E-state index contributed by atoms with van der Waals surface area (Å²) in [6.45, 7) is 1.98. The maximum Gasteiger partial charge on any atom is 0.257 e. The lowest BCUT2D eigenvalue weighted by atomic mass is 10.1. The Hall–Kier alpha value is -2.40. The van der Waals surface area contributed by atoms with Gasteiger partial charge in [-0.25, -0.2) is 4.39 Å². The molecule has 0 spiro atoms. The van der Waals surface area contributed by atoms with Crippen molar-refractivity contribution in [3.05, 3.63) is 53.3 Å². The zero-order valence-electron chi connectivity index (χ0n) is 11.7. The molecule has 0 aromatic heterocycles. The highest BCUT2D eigenvalue weighted by Crippen LogP contribution is 2.37. The molecule has 0 saturated heterocycles. The minimum absolute atomic E-state index is 0.276. The molecule has 1 aliphatic rings. The maximum absolute atomic E-state index is 14.3. The van der Waals surface area contributed by atoms with Crippen molar-refractivity contribution in [1.82, 2.24) is 0 Å². The molecule has 0 bridgehead atoms. The van der Waals surface area contributed by atoms with Crippen LogP contribution in [0.1, 0.15) is 17.2 Å². The van der Waals surface area contributed by atoms with E-state index in [1.807, 2.05) is 31.2 Å². The van der Waals surface area contributed by atoms with E-state index in [-0.39, 0.29) is 5.56 Å². The van der Waals surface area contributed by atoms with Gasteiger partial charge in [0.15, 0.2) is 6.10 Å². The van der Waals surface area contributed by atoms with E-state index in [2.05, 4.69) is 5.32 Å². The molecule has 2 aromatic carbocycles. The zero-order chi connectivity index (χ0) is 15.1. The first-order valence-electron chi connectivity index (χ1n) is 6.60. The van der Waals surface area contributed by atoms with E-state index in [0.717, 1.165) is 11.3 Å². The third-order valence-electron chi connectivity index (χ3n) is 3.70. The number of benzene rings is 2. The van der Waals surface area contributed by atoms with Crippen LogP contribution in [0.15, 0.2) is 36.4 Å². The smallest absolute Gasteiger partial charge is 0.257 e. The first-order valence-corrected chi connectivity index (χ1v) is 6.60. The molecule has 2 N–H and O–H groups in total. The van der Waals surface area contributed by atoms with Gasteiger partial charge in [-0.3, -0.25) is 4.79 Å². The molecule has 1 aliphatic heterocycles. The van der Waals surface area contributed by atoms with Crippen LogP contribution < -0.4 is 10.2 Å². The normalized spacial score (nSPS) is 16.6. The minimum Gasteiger partial charge on any atom is -0.378 e. The quantitative estimate of drug-likeness (QED) is 0.892. The van der Waals surface area contributed by atoms with Crippen molar-refractivity contribution >= 4 is 23.0 Å². The Balaban J connectivity index is 2.02. The fourth-order valence-electron chi connectivity index (χ4n) is 2.42. The van der Waals surface area contributed by atoms with E-state index in [0.29, 0.717) is 11.4 Å². The Bertz CT molecular complexity index is 713. The summed E-state index contributed by atoms with van der Waals surface area (Å²) >= 11 is 0. The number of carbonyl (C=O) groups is 1. The van der Waals surface area contributed by atoms with Crippen molar-refractivity contribution in [2.75, 3.05) is 17.3 Å². The molecule has 5 heteroatoms. The number of hydrogen-bond acceptors (Lipinski definition) is 3. The van der Waals surface area contributed by atoms with Crippen LogP contribution in [-0.4, -0.2) is 18.1 Å². The SMILES string of the molecule is Cc1ccc(N(C)c2cc3c(cc2F)C(O)C(=O)N3)cc1. The van der Waals surface area contributed by atoms with E-state index in [1.54, 1.807) is 18.0 Å². The van der Waals surface area contributed by atoms with Crippen LogP contribution in [0.5, 0.6) is 0 Å². The number of aryl methyl sites for hydroxylation is 1. The van der Waals surface area contributed by atoms with Gasteiger partial charge in [-0.15, -0.1) is 0 Å². The monoisotopic (exact) mass is 286 g/mol. The molecule has 21 heavy (non-hydrogen) atoms. The summed E-state index contributed by atoms with van der Waals surface area (Å²) in [5.41, 5.74) is 3.02. The topological polar surface area (TPSA) is 52.6 Å². The molecule has 108 valence electrons. The highest BCUT2D eigenvalue weighted by atomic mass is 19.1. The van der Waals surface area contributed by atoms with Gasteiger partial charge in [0.25, 0.3) is 5.91 Å². The average molecular weight is 286 g/mol. The molecular weight excluding hydrogens is 271 g/mol. The van der Waals surface area contributed by atoms with Gasteiger partial charge in [0.2, 0.25) is 0 Å². The number of halogens is 1. The maximum atomic E-state index is 14.3. The summed E-state index contributed by atoms with van der Waals surface area (Å²) in [6.07, 6.45) is -1.30. The second-order valence-electron chi connectivity index (χ2n) is 5.18. The third kappa shape index (κ3) is 2.25. The fourth-order valence-corrected chi connectivity index (χ4v) is 2.42. The van der Waals surface area contributed by atoms with Crippen molar-refractivity contribution < 1.29 is 14.3 Å². The predicted molar refractivity (Wildman–Crippen MR) is 79.2 cm³/mol. The number of nitrogens with zero attached hydrogens (tertiary/aromatic N) is 1. The van der Waals surface area contributed by atoms with Crippen molar-refractivity contribution in [3.8, 4) is 0 Å². The molecule has 0 saturated carbocycles. The van der Waals surface area contributed by atoms with Gasteiger partial charge in [-0.2, -0.15) is 0 Å². The summed E-state index contributed by atoms with van der Waals surface area (Å²) in [4.78, 5) is 13.1. The molecular formula is C16H15FN2O2. The van der Waals surface area contributed by atoms with Crippen LogP contribution in [0.3, 0.4) is 0 Å². The molecule has 0 fully saturated rings. The van der Waals surface area contributed by atoms with E-state index >= 15 is 0 Å². The number of anilines is 3. The van der Waals surface area contributed by atoms with Crippen molar-refractivity contribution in [2.45, 2.75) is 13.0 Å². The van der Waals surface area contributed by atoms with Gasteiger partial charge in [0, 0.05) is 24.0 Å². The molecule has 1 atom stereocenters. The third-order valence-corrected chi connectivity index (χ3v) is 3.70. The molecule has 2 aromatic rings. The second kappa shape index (κ2) is 4.86. The van der Waals surface area contributed by atoms with Gasteiger partial charge in [0.1, 0.15) is 5.82 Å². The number of aliphatic hydroxyl groups excluding tert-OH is 1. The average Bonchev–Trinajstić information content (AvgIpc) is 2.73. The van der Waals surface area contributed by atoms with Crippen LogP contribution in [-0.2, 0) is 4.79 Å². The number of amides is 1. The molecule has 0 aliphatic carbocycles. The van der Waals surface area contributed by atoms with E-state index in [1.165, 1.54) is 6.07 Å². The van der Waals surface area contributed by atoms with Gasteiger partial charge >= 0.3 is 0 Å². The minimum atomic E-state index is -1.30. The molecule has 1 heterocycles.